The molecule has 6 nitrogen and oxygen atoms in total. The number of hydrogen-bond acceptors (Lipinski definition) is 5. The van der Waals surface area contributed by atoms with Crippen molar-refractivity contribution >= 4 is 16.9 Å². The van der Waals surface area contributed by atoms with E-state index >= 15 is 0 Å². The topological polar surface area (TPSA) is 59.7 Å². The van der Waals surface area contributed by atoms with E-state index in [0.29, 0.717) is 5.92 Å². The van der Waals surface area contributed by atoms with Gasteiger partial charge in [-0.05, 0) is 38.3 Å². The van der Waals surface area contributed by atoms with Crippen LogP contribution in [0.1, 0.15) is 42.5 Å². The van der Waals surface area contributed by atoms with Crippen LogP contribution in [0.5, 0.6) is 0 Å². The van der Waals surface area contributed by atoms with Crippen molar-refractivity contribution in [3.8, 4) is 0 Å². The third kappa shape index (κ3) is 2.47. The van der Waals surface area contributed by atoms with Crippen molar-refractivity contribution in [2.24, 2.45) is 0 Å². The van der Waals surface area contributed by atoms with Crippen LogP contribution in [0.3, 0.4) is 0 Å². The van der Waals surface area contributed by atoms with Gasteiger partial charge in [-0.3, -0.25) is 0 Å². The average Bonchev–Trinajstić information content (AvgIpc) is 3.25. The fourth-order valence-electron chi connectivity index (χ4n) is 4.23. The average molecular weight is 334 g/mol. The number of piperidine rings is 1. The fraction of sp³-hybridized carbons (Fsp3) is 0.474. The summed E-state index contributed by atoms with van der Waals surface area (Å²) in [7, 11) is 0. The largest absolute Gasteiger partial charge is 0.354 e. The smallest absolute Gasteiger partial charge is 0.150 e. The second-order valence-electron chi connectivity index (χ2n) is 7.14. The van der Waals surface area contributed by atoms with Gasteiger partial charge in [0.15, 0.2) is 5.82 Å². The number of hydrogen-bond donors (Lipinski definition) is 0. The molecule has 1 fully saturated rings. The molecule has 1 aromatic carbocycles. The molecule has 5 rings (SSSR count). The van der Waals surface area contributed by atoms with E-state index in [4.69, 9.17) is 9.97 Å². The maximum atomic E-state index is 4.91. The van der Waals surface area contributed by atoms with Gasteiger partial charge >= 0.3 is 0 Å². The lowest BCUT2D eigenvalue weighted by molar-refractivity contribution is 0.470. The number of para-hydroxylation sites is 2. The van der Waals surface area contributed by atoms with Gasteiger partial charge in [0.25, 0.3) is 0 Å². The summed E-state index contributed by atoms with van der Waals surface area (Å²) < 4.78 is 2.34. The molecule has 0 aliphatic carbocycles. The summed E-state index contributed by atoms with van der Waals surface area (Å²) in [5.41, 5.74) is 2.94. The van der Waals surface area contributed by atoms with Gasteiger partial charge in [-0.2, -0.15) is 0 Å². The molecule has 0 bridgehead atoms. The standard InChI is InChI=1S/C19H22N6/c1-13-18(21-16-8-3-2-7-15(16)20-13)24-10-4-6-14(12-24)19-23-22-17-9-5-11-25(17)19/h2-3,7-8,14H,4-6,9-12H2,1H3. The van der Waals surface area contributed by atoms with Gasteiger partial charge in [-0.15, -0.1) is 10.2 Å². The molecule has 0 radical (unpaired) electrons. The van der Waals surface area contributed by atoms with Crippen molar-refractivity contribution < 1.29 is 0 Å². The van der Waals surface area contributed by atoms with Crippen molar-refractivity contribution in [1.82, 2.24) is 24.7 Å². The van der Waals surface area contributed by atoms with Crippen molar-refractivity contribution in [1.29, 1.82) is 0 Å². The van der Waals surface area contributed by atoms with E-state index in [0.717, 1.165) is 60.8 Å². The first-order valence-corrected chi connectivity index (χ1v) is 9.20. The van der Waals surface area contributed by atoms with Crippen molar-refractivity contribution in [2.45, 2.75) is 45.1 Å². The Labute approximate surface area is 146 Å². The minimum atomic E-state index is 0.431. The van der Waals surface area contributed by atoms with Crippen LogP contribution in [-0.4, -0.2) is 37.8 Å². The normalized spacial score (nSPS) is 20.2. The van der Waals surface area contributed by atoms with E-state index in [-0.39, 0.29) is 0 Å². The lowest BCUT2D eigenvalue weighted by atomic mass is 9.97. The van der Waals surface area contributed by atoms with Gasteiger partial charge in [0.1, 0.15) is 11.6 Å². The van der Waals surface area contributed by atoms with E-state index in [1.807, 2.05) is 24.3 Å². The molecule has 0 amide bonds. The molecule has 2 aliphatic rings. The summed E-state index contributed by atoms with van der Waals surface area (Å²) in [6, 6.07) is 8.10. The first kappa shape index (κ1) is 14.8. The van der Waals surface area contributed by atoms with E-state index in [9.17, 15) is 0 Å². The Morgan fingerprint density at radius 3 is 2.72 bits per heavy atom. The van der Waals surface area contributed by atoms with Gasteiger partial charge in [0.2, 0.25) is 0 Å². The zero-order chi connectivity index (χ0) is 16.8. The van der Waals surface area contributed by atoms with Crippen LogP contribution in [0.15, 0.2) is 24.3 Å². The Morgan fingerprint density at radius 2 is 1.84 bits per heavy atom. The van der Waals surface area contributed by atoms with Gasteiger partial charge in [-0.1, -0.05) is 12.1 Å². The molecule has 2 aliphatic heterocycles. The number of benzene rings is 1. The molecule has 1 atom stereocenters. The summed E-state index contributed by atoms with van der Waals surface area (Å²) in [6.07, 6.45) is 4.59. The Morgan fingerprint density at radius 1 is 1.00 bits per heavy atom. The first-order chi connectivity index (χ1) is 12.3. The van der Waals surface area contributed by atoms with Crippen LogP contribution >= 0.6 is 0 Å². The fourth-order valence-corrected chi connectivity index (χ4v) is 4.23. The number of aromatic nitrogens is 5. The maximum Gasteiger partial charge on any atom is 0.150 e. The van der Waals surface area contributed by atoms with Crippen molar-refractivity contribution in [3.05, 3.63) is 41.6 Å². The van der Waals surface area contributed by atoms with E-state index in [1.54, 1.807) is 0 Å². The molecule has 128 valence electrons. The minimum absolute atomic E-state index is 0.431. The van der Waals surface area contributed by atoms with Gasteiger partial charge in [-0.25, -0.2) is 9.97 Å². The molecule has 4 heterocycles. The highest BCUT2D eigenvalue weighted by molar-refractivity contribution is 5.76. The molecular formula is C19H22N6. The highest BCUT2D eigenvalue weighted by Gasteiger charge is 2.29. The number of aryl methyl sites for hydroxylation is 2. The van der Waals surface area contributed by atoms with Gasteiger partial charge in [0, 0.05) is 32.0 Å². The predicted octanol–water partition coefficient (Wildman–Crippen LogP) is 2.86. The van der Waals surface area contributed by atoms with Crippen LogP contribution in [-0.2, 0) is 13.0 Å². The molecule has 1 unspecified atom stereocenters. The predicted molar refractivity (Wildman–Crippen MR) is 96.8 cm³/mol. The highest BCUT2D eigenvalue weighted by Crippen LogP contribution is 2.31. The van der Waals surface area contributed by atoms with Gasteiger partial charge in [0.05, 0.1) is 16.7 Å². The third-order valence-corrected chi connectivity index (χ3v) is 5.44. The summed E-state index contributed by atoms with van der Waals surface area (Å²) in [5, 5.41) is 8.91. The molecule has 0 spiro atoms. The van der Waals surface area contributed by atoms with Crippen molar-refractivity contribution in [3.63, 3.8) is 0 Å². The van der Waals surface area contributed by atoms with E-state index < -0.39 is 0 Å². The number of fused-ring (bicyclic) bond motifs is 2. The lowest BCUT2D eigenvalue weighted by Gasteiger charge is -2.33. The third-order valence-electron chi connectivity index (χ3n) is 5.44. The Bertz CT molecular complexity index is 931. The maximum absolute atomic E-state index is 4.91. The molecule has 1 saturated heterocycles. The summed E-state index contributed by atoms with van der Waals surface area (Å²) in [6.45, 7) is 5.12. The zero-order valence-corrected chi connectivity index (χ0v) is 14.5. The molecule has 3 aromatic rings. The first-order valence-electron chi connectivity index (χ1n) is 9.20. The van der Waals surface area contributed by atoms with Crippen molar-refractivity contribution in [2.75, 3.05) is 18.0 Å². The molecule has 2 aromatic heterocycles. The summed E-state index contributed by atoms with van der Waals surface area (Å²) >= 11 is 0. The van der Waals surface area contributed by atoms with E-state index in [2.05, 4.69) is 26.6 Å². The highest BCUT2D eigenvalue weighted by atomic mass is 15.3. The van der Waals surface area contributed by atoms with Crippen LogP contribution < -0.4 is 4.90 Å². The second-order valence-corrected chi connectivity index (χ2v) is 7.14. The second kappa shape index (κ2) is 5.79. The van der Waals surface area contributed by atoms with Crippen LogP contribution in [0.25, 0.3) is 11.0 Å². The van der Waals surface area contributed by atoms with Crippen LogP contribution in [0.4, 0.5) is 5.82 Å². The van der Waals surface area contributed by atoms with Crippen LogP contribution in [0.2, 0.25) is 0 Å². The molecular weight excluding hydrogens is 312 g/mol. The number of nitrogens with zero attached hydrogens (tertiary/aromatic N) is 6. The SMILES string of the molecule is Cc1nc2ccccc2nc1N1CCCC(c2nnc3n2CCC3)C1. The Balaban J connectivity index is 1.47. The number of rotatable bonds is 2. The Hall–Kier alpha value is -2.50. The molecule has 6 heteroatoms. The zero-order valence-electron chi connectivity index (χ0n) is 14.5. The number of anilines is 1. The Kier molecular flexibility index (Phi) is 3.43. The molecule has 25 heavy (non-hydrogen) atoms. The summed E-state index contributed by atoms with van der Waals surface area (Å²) in [4.78, 5) is 12.1. The molecule has 0 N–H and O–H groups in total. The minimum Gasteiger partial charge on any atom is -0.354 e. The monoisotopic (exact) mass is 334 g/mol. The van der Waals surface area contributed by atoms with Crippen LogP contribution in [0, 0.1) is 6.92 Å². The lowest BCUT2D eigenvalue weighted by Crippen LogP contribution is -2.36. The van der Waals surface area contributed by atoms with E-state index in [1.165, 1.54) is 18.7 Å². The van der Waals surface area contributed by atoms with Gasteiger partial charge < -0.3 is 9.47 Å². The quantitative estimate of drug-likeness (QED) is 0.721. The molecule has 0 saturated carbocycles. The summed E-state index contributed by atoms with van der Waals surface area (Å²) in [5.74, 6) is 3.78.